The largest absolute Gasteiger partial charge is 0.494 e. The number of nitrogens with one attached hydrogen (secondary N) is 1. The first-order chi connectivity index (χ1) is 12.4. The monoisotopic (exact) mass is 357 g/mol. The van der Waals surface area contributed by atoms with Crippen LogP contribution >= 0.6 is 0 Å². The lowest BCUT2D eigenvalue weighted by Crippen LogP contribution is -2.24. The SMILES string of the molecule is N#CCCCOc1ccc(-c2c(C(=O)O)c(N)[nH]c(=O)c2C(=O)O)cc1. The van der Waals surface area contributed by atoms with E-state index >= 15 is 0 Å². The molecule has 0 amide bonds. The first-order valence-corrected chi connectivity index (χ1v) is 7.49. The first kappa shape index (κ1) is 18.5. The van der Waals surface area contributed by atoms with Crippen LogP contribution in [0.5, 0.6) is 5.75 Å². The molecule has 0 atom stereocenters. The van der Waals surface area contributed by atoms with Gasteiger partial charge >= 0.3 is 11.9 Å². The Morgan fingerprint density at radius 3 is 2.31 bits per heavy atom. The number of pyridine rings is 1. The zero-order valence-corrected chi connectivity index (χ0v) is 13.5. The Morgan fingerprint density at radius 1 is 1.15 bits per heavy atom. The molecule has 26 heavy (non-hydrogen) atoms. The van der Waals surface area contributed by atoms with Crippen molar-refractivity contribution in [2.75, 3.05) is 12.3 Å². The number of carboxylic acid groups (broad SMARTS) is 2. The van der Waals surface area contributed by atoms with E-state index in [1.807, 2.05) is 11.1 Å². The molecular formula is C17H15N3O6. The number of nitrogens with two attached hydrogens (primary N) is 1. The Labute approximate surface area is 147 Å². The number of aromatic amines is 1. The number of ether oxygens (including phenoxy) is 1. The molecule has 5 N–H and O–H groups in total. The van der Waals surface area contributed by atoms with E-state index in [0.29, 0.717) is 25.2 Å². The number of nitriles is 1. The Balaban J connectivity index is 2.50. The lowest BCUT2D eigenvalue weighted by atomic mass is 9.95. The van der Waals surface area contributed by atoms with Crippen molar-refractivity contribution in [2.24, 2.45) is 0 Å². The van der Waals surface area contributed by atoms with Crippen LogP contribution in [-0.4, -0.2) is 33.7 Å². The van der Waals surface area contributed by atoms with Crippen molar-refractivity contribution in [3.05, 3.63) is 45.7 Å². The quantitative estimate of drug-likeness (QED) is 0.543. The molecule has 9 nitrogen and oxygen atoms in total. The third-order valence-electron chi connectivity index (χ3n) is 3.52. The van der Waals surface area contributed by atoms with Gasteiger partial charge in [0.15, 0.2) is 0 Å². The van der Waals surface area contributed by atoms with Gasteiger partial charge in [0.2, 0.25) is 0 Å². The highest BCUT2D eigenvalue weighted by molar-refractivity contribution is 6.07. The van der Waals surface area contributed by atoms with Crippen LogP contribution in [0.25, 0.3) is 11.1 Å². The van der Waals surface area contributed by atoms with Crippen LogP contribution in [0.4, 0.5) is 5.82 Å². The van der Waals surface area contributed by atoms with Gasteiger partial charge in [0, 0.05) is 12.0 Å². The minimum atomic E-state index is -1.57. The molecule has 0 spiro atoms. The average molecular weight is 357 g/mol. The van der Waals surface area contributed by atoms with Crippen LogP contribution in [0.15, 0.2) is 29.1 Å². The van der Waals surface area contributed by atoms with Crippen LogP contribution in [0.2, 0.25) is 0 Å². The molecule has 1 aromatic heterocycles. The van der Waals surface area contributed by atoms with Crippen molar-refractivity contribution < 1.29 is 24.5 Å². The topological polar surface area (TPSA) is 166 Å². The summed E-state index contributed by atoms with van der Waals surface area (Å²) in [5.74, 6) is -3.01. The predicted octanol–water partition coefficient (Wildman–Crippen LogP) is 1.70. The summed E-state index contributed by atoms with van der Waals surface area (Å²) in [4.78, 5) is 37.0. The Hall–Kier alpha value is -3.80. The number of aromatic carboxylic acids is 2. The third kappa shape index (κ3) is 3.81. The lowest BCUT2D eigenvalue weighted by molar-refractivity contribution is 0.0695. The maximum absolute atomic E-state index is 12.0. The summed E-state index contributed by atoms with van der Waals surface area (Å²) in [6.45, 7) is 0.325. The van der Waals surface area contributed by atoms with Crippen molar-refractivity contribution in [1.29, 1.82) is 5.26 Å². The molecule has 0 radical (unpaired) electrons. The van der Waals surface area contributed by atoms with Crippen molar-refractivity contribution in [1.82, 2.24) is 4.98 Å². The molecule has 9 heteroatoms. The number of anilines is 1. The zero-order chi connectivity index (χ0) is 19.3. The normalized spacial score (nSPS) is 10.1. The highest BCUT2D eigenvalue weighted by Gasteiger charge is 2.26. The fourth-order valence-corrected chi connectivity index (χ4v) is 2.39. The van der Waals surface area contributed by atoms with Crippen LogP contribution in [0, 0.1) is 11.3 Å². The Bertz CT molecular complexity index is 941. The summed E-state index contributed by atoms with van der Waals surface area (Å²) in [7, 11) is 0. The molecule has 1 aromatic carbocycles. The average Bonchev–Trinajstić information content (AvgIpc) is 2.57. The Kier molecular flexibility index (Phi) is 5.60. The molecule has 1 heterocycles. The molecule has 0 fully saturated rings. The van der Waals surface area contributed by atoms with Gasteiger partial charge < -0.3 is 25.7 Å². The number of H-pyrrole nitrogens is 1. The first-order valence-electron chi connectivity index (χ1n) is 7.49. The van der Waals surface area contributed by atoms with Crippen LogP contribution < -0.4 is 16.0 Å². The molecular weight excluding hydrogens is 342 g/mol. The molecule has 0 bridgehead atoms. The second kappa shape index (κ2) is 7.85. The van der Waals surface area contributed by atoms with Gasteiger partial charge in [-0.15, -0.1) is 0 Å². The molecule has 2 rings (SSSR count). The Morgan fingerprint density at radius 2 is 1.77 bits per heavy atom. The second-order valence-electron chi connectivity index (χ2n) is 5.24. The fourth-order valence-electron chi connectivity index (χ4n) is 2.39. The number of nitrogens with zero attached hydrogens (tertiary/aromatic N) is 1. The van der Waals surface area contributed by atoms with Crippen LogP contribution in [-0.2, 0) is 0 Å². The predicted molar refractivity (Wildman–Crippen MR) is 91.2 cm³/mol. The summed E-state index contributed by atoms with van der Waals surface area (Å²) in [6.07, 6.45) is 0.906. The number of carboxylic acids is 2. The molecule has 2 aromatic rings. The van der Waals surface area contributed by atoms with Crippen molar-refractivity contribution in [3.8, 4) is 22.9 Å². The van der Waals surface area contributed by atoms with Gasteiger partial charge in [0.1, 0.15) is 22.7 Å². The maximum Gasteiger partial charge on any atom is 0.342 e. The number of hydrogen-bond donors (Lipinski definition) is 4. The fraction of sp³-hybridized carbons (Fsp3) is 0.176. The van der Waals surface area contributed by atoms with Crippen molar-refractivity contribution in [3.63, 3.8) is 0 Å². The molecule has 0 aliphatic carbocycles. The molecule has 0 saturated heterocycles. The highest BCUT2D eigenvalue weighted by Crippen LogP contribution is 2.30. The number of carbonyl (C=O) groups is 2. The van der Waals surface area contributed by atoms with E-state index < -0.39 is 34.4 Å². The maximum atomic E-state index is 12.0. The number of aromatic nitrogens is 1. The number of rotatable bonds is 7. The van der Waals surface area contributed by atoms with E-state index in [4.69, 9.17) is 15.7 Å². The van der Waals surface area contributed by atoms with Gasteiger partial charge in [-0.1, -0.05) is 12.1 Å². The summed E-state index contributed by atoms with van der Waals surface area (Å²) < 4.78 is 5.43. The standard InChI is InChI=1S/C17H15N3O6/c18-7-1-2-8-26-10-5-3-9(4-6-10)11-12(16(22)23)14(19)20-15(21)13(11)17(24)25/h3-6H,1-2,8H2,(H,22,23)(H,24,25)(H3,19,20,21). The van der Waals surface area contributed by atoms with Gasteiger partial charge in [0.25, 0.3) is 5.56 Å². The van der Waals surface area contributed by atoms with E-state index in [1.165, 1.54) is 24.3 Å². The van der Waals surface area contributed by atoms with Gasteiger partial charge in [0.05, 0.1) is 12.7 Å². The molecule has 134 valence electrons. The van der Waals surface area contributed by atoms with Gasteiger partial charge in [-0.3, -0.25) is 4.79 Å². The zero-order valence-electron chi connectivity index (χ0n) is 13.5. The highest BCUT2D eigenvalue weighted by atomic mass is 16.5. The summed E-state index contributed by atoms with van der Waals surface area (Å²) in [5, 5.41) is 27.2. The smallest absolute Gasteiger partial charge is 0.342 e. The number of nitrogen functional groups attached to an aromatic ring is 1. The van der Waals surface area contributed by atoms with Gasteiger partial charge in [-0.05, 0) is 24.1 Å². The van der Waals surface area contributed by atoms with Crippen LogP contribution in [0.3, 0.4) is 0 Å². The van der Waals surface area contributed by atoms with Crippen molar-refractivity contribution >= 4 is 17.8 Å². The number of unbranched alkanes of at least 4 members (excludes halogenated alkanes) is 1. The van der Waals surface area contributed by atoms with E-state index in [2.05, 4.69) is 0 Å². The molecule has 0 aliphatic heterocycles. The number of hydrogen-bond acceptors (Lipinski definition) is 6. The van der Waals surface area contributed by atoms with Crippen LogP contribution in [0.1, 0.15) is 33.6 Å². The van der Waals surface area contributed by atoms with Crippen molar-refractivity contribution in [2.45, 2.75) is 12.8 Å². The second-order valence-corrected chi connectivity index (χ2v) is 5.24. The minimum Gasteiger partial charge on any atom is -0.494 e. The third-order valence-corrected chi connectivity index (χ3v) is 3.52. The van der Waals surface area contributed by atoms with Gasteiger partial charge in [-0.2, -0.15) is 5.26 Å². The van der Waals surface area contributed by atoms with E-state index in [-0.39, 0.29) is 11.1 Å². The lowest BCUT2D eigenvalue weighted by Gasteiger charge is -2.12. The summed E-state index contributed by atoms with van der Waals surface area (Å²) in [6, 6.07) is 7.89. The summed E-state index contributed by atoms with van der Waals surface area (Å²) in [5.41, 5.74) is 3.30. The van der Waals surface area contributed by atoms with E-state index in [0.717, 1.165) is 0 Å². The molecule has 0 saturated carbocycles. The minimum absolute atomic E-state index is 0.196. The van der Waals surface area contributed by atoms with E-state index in [9.17, 15) is 24.6 Å². The number of benzene rings is 1. The summed E-state index contributed by atoms with van der Waals surface area (Å²) >= 11 is 0. The van der Waals surface area contributed by atoms with Gasteiger partial charge in [-0.25, -0.2) is 9.59 Å². The molecule has 0 aliphatic rings. The van der Waals surface area contributed by atoms with E-state index in [1.54, 1.807) is 0 Å². The molecule has 0 unspecified atom stereocenters.